The third-order valence-electron chi connectivity index (χ3n) is 4.61. The zero-order valence-corrected chi connectivity index (χ0v) is 15.3. The number of carbonyl (C=O) groups excluding carboxylic acids is 2. The maximum absolute atomic E-state index is 13.5. The van der Waals surface area contributed by atoms with Crippen molar-refractivity contribution in [3.8, 4) is 0 Å². The van der Waals surface area contributed by atoms with Crippen molar-refractivity contribution in [2.75, 3.05) is 49.5 Å². The Hall–Kier alpha value is -3.00. The van der Waals surface area contributed by atoms with Crippen LogP contribution in [-0.2, 0) is 9.59 Å². The Balaban J connectivity index is 1.37. The van der Waals surface area contributed by atoms with Gasteiger partial charge in [0.15, 0.2) is 0 Å². The lowest BCUT2D eigenvalue weighted by Gasteiger charge is -2.36. The first kappa shape index (κ1) is 19.8. The highest BCUT2D eigenvalue weighted by Crippen LogP contribution is 2.16. The minimum atomic E-state index is -0.897. The summed E-state index contributed by atoms with van der Waals surface area (Å²) in [6.45, 7) is 4.13. The number of rotatable bonds is 5. The van der Waals surface area contributed by atoms with E-state index in [1.807, 2.05) is 0 Å². The molecular weight excluding hydrogens is 366 g/mol. The van der Waals surface area contributed by atoms with Crippen molar-refractivity contribution in [2.24, 2.45) is 0 Å². The third-order valence-corrected chi connectivity index (χ3v) is 4.61. The van der Waals surface area contributed by atoms with Crippen molar-refractivity contribution < 1.29 is 18.4 Å². The number of nitrogens with one attached hydrogen (secondary N) is 2. The average Bonchev–Trinajstić information content (AvgIpc) is 2.71. The Kier molecular flexibility index (Phi) is 6.54. The second kappa shape index (κ2) is 9.27. The molecule has 1 saturated heterocycles. The quantitative estimate of drug-likeness (QED) is 0.768. The number of para-hydroxylation sites is 1. The monoisotopic (exact) mass is 388 g/mol. The van der Waals surface area contributed by atoms with Crippen LogP contribution in [-0.4, -0.2) is 56.0 Å². The minimum Gasteiger partial charge on any atom is -0.369 e. The fourth-order valence-corrected chi connectivity index (χ4v) is 3.03. The van der Waals surface area contributed by atoms with Gasteiger partial charge in [-0.25, -0.2) is 8.78 Å². The Bertz CT molecular complexity index is 821. The van der Waals surface area contributed by atoms with Gasteiger partial charge < -0.3 is 15.5 Å². The Labute approximate surface area is 162 Å². The number of hydrogen-bond donors (Lipinski definition) is 2. The number of nitrogens with zero attached hydrogens (tertiary/aromatic N) is 2. The van der Waals surface area contributed by atoms with Gasteiger partial charge in [-0.05, 0) is 36.4 Å². The molecule has 0 atom stereocenters. The van der Waals surface area contributed by atoms with E-state index in [-0.39, 0.29) is 11.5 Å². The van der Waals surface area contributed by atoms with Crippen LogP contribution in [0, 0.1) is 11.6 Å². The number of piperazine rings is 1. The molecule has 2 N–H and O–H groups in total. The Morgan fingerprint density at radius 1 is 0.893 bits per heavy atom. The number of anilines is 2. The maximum Gasteiger partial charge on any atom is 0.313 e. The largest absolute Gasteiger partial charge is 0.369 e. The molecule has 0 aromatic heterocycles. The van der Waals surface area contributed by atoms with Gasteiger partial charge in [0.2, 0.25) is 0 Å². The van der Waals surface area contributed by atoms with E-state index in [1.54, 1.807) is 18.2 Å². The highest BCUT2D eigenvalue weighted by atomic mass is 19.1. The van der Waals surface area contributed by atoms with Gasteiger partial charge in [0.25, 0.3) is 0 Å². The Morgan fingerprint density at radius 2 is 1.57 bits per heavy atom. The lowest BCUT2D eigenvalue weighted by atomic mass is 10.2. The van der Waals surface area contributed by atoms with E-state index in [9.17, 15) is 18.4 Å². The zero-order chi connectivity index (χ0) is 19.9. The lowest BCUT2D eigenvalue weighted by molar-refractivity contribution is -0.136. The molecule has 0 aliphatic carbocycles. The summed E-state index contributed by atoms with van der Waals surface area (Å²) in [5, 5.41) is 4.80. The fourth-order valence-electron chi connectivity index (χ4n) is 3.03. The first-order chi connectivity index (χ1) is 13.5. The topological polar surface area (TPSA) is 64.7 Å². The van der Waals surface area contributed by atoms with Crippen LogP contribution in [0.4, 0.5) is 20.2 Å². The number of amides is 2. The maximum atomic E-state index is 13.5. The molecule has 1 fully saturated rings. The minimum absolute atomic E-state index is 0.0282. The van der Waals surface area contributed by atoms with E-state index in [1.165, 1.54) is 30.3 Å². The van der Waals surface area contributed by atoms with Crippen LogP contribution in [0.15, 0.2) is 48.5 Å². The Morgan fingerprint density at radius 3 is 2.25 bits per heavy atom. The van der Waals surface area contributed by atoms with Crippen LogP contribution in [0.3, 0.4) is 0 Å². The van der Waals surface area contributed by atoms with Crippen molar-refractivity contribution in [2.45, 2.75) is 0 Å². The first-order valence-electron chi connectivity index (χ1n) is 9.09. The third kappa shape index (κ3) is 5.26. The summed E-state index contributed by atoms with van der Waals surface area (Å²) in [6, 6.07) is 12.1. The average molecular weight is 388 g/mol. The zero-order valence-electron chi connectivity index (χ0n) is 15.3. The van der Waals surface area contributed by atoms with Crippen LogP contribution >= 0.6 is 0 Å². The first-order valence-corrected chi connectivity index (χ1v) is 9.09. The van der Waals surface area contributed by atoms with Gasteiger partial charge in [0.1, 0.15) is 11.6 Å². The molecule has 28 heavy (non-hydrogen) atoms. The molecule has 1 heterocycles. The van der Waals surface area contributed by atoms with Gasteiger partial charge in [0.05, 0.1) is 5.69 Å². The highest BCUT2D eigenvalue weighted by molar-refractivity contribution is 6.39. The highest BCUT2D eigenvalue weighted by Gasteiger charge is 2.18. The second-order valence-electron chi connectivity index (χ2n) is 6.49. The van der Waals surface area contributed by atoms with E-state index in [0.29, 0.717) is 13.1 Å². The summed E-state index contributed by atoms with van der Waals surface area (Å²) in [6.07, 6.45) is 0. The molecule has 2 amide bonds. The molecule has 2 aromatic rings. The molecule has 0 bridgehead atoms. The summed E-state index contributed by atoms with van der Waals surface area (Å²) in [5.74, 6) is -2.54. The molecule has 0 unspecified atom stereocenters. The van der Waals surface area contributed by atoms with Crippen LogP contribution in [0.1, 0.15) is 0 Å². The number of halogens is 2. The summed E-state index contributed by atoms with van der Waals surface area (Å²) in [4.78, 5) is 28.0. The number of benzene rings is 2. The van der Waals surface area contributed by atoms with Gasteiger partial charge in [-0.15, -0.1) is 0 Å². The summed E-state index contributed by atoms with van der Waals surface area (Å²) in [5.41, 5.74) is 0.957. The van der Waals surface area contributed by atoms with Crippen molar-refractivity contribution in [1.29, 1.82) is 0 Å². The van der Waals surface area contributed by atoms with E-state index in [4.69, 9.17) is 0 Å². The van der Waals surface area contributed by atoms with Gasteiger partial charge in [-0.2, -0.15) is 0 Å². The van der Waals surface area contributed by atoms with Crippen molar-refractivity contribution in [1.82, 2.24) is 10.2 Å². The van der Waals surface area contributed by atoms with E-state index < -0.39 is 17.6 Å². The van der Waals surface area contributed by atoms with Crippen LogP contribution in [0.5, 0.6) is 0 Å². The molecule has 1 aliphatic heterocycles. The summed E-state index contributed by atoms with van der Waals surface area (Å²) >= 11 is 0. The molecule has 2 aromatic carbocycles. The van der Waals surface area contributed by atoms with Crippen LogP contribution in [0.2, 0.25) is 0 Å². The van der Waals surface area contributed by atoms with Crippen molar-refractivity contribution >= 4 is 23.2 Å². The van der Waals surface area contributed by atoms with Gasteiger partial charge in [0, 0.05) is 45.0 Å². The predicted molar refractivity (Wildman–Crippen MR) is 103 cm³/mol. The number of hydrogen-bond acceptors (Lipinski definition) is 4. The molecule has 6 nitrogen and oxygen atoms in total. The molecule has 8 heteroatoms. The lowest BCUT2D eigenvalue weighted by Crippen LogP contribution is -2.49. The summed E-state index contributed by atoms with van der Waals surface area (Å²) in [7, 11) is 0. The van der Waals surface area contributed by atoms with E-state index in [0.717, 1.165) is 31.9 Å². The molecule has 3 rings (SSSR count). The van der Waals surface area contributed by atoms with Crippen molar-refractivity contribution in [3.63, 3.8) is 0 Å². The fraction of sp³-hybridized carbons (Fsp3) is 0.300. The van der Waals surface area contributed by atoms with E-state index in [2.05, 4.69) is 20.4 Å². The SMILES string of the molecule is O=C(NCCN1CCN(c2ccc(F)cc2)CC1)C(=O)Nc1ccccc1F. The van der Waals surface area contributed by atoms with Crippen LogP contribution < -0.4 is 15.5 Å². The molecular formula is C20H22F2N4O2. The standard InChI is InChI=1S/C20H22F2N4O2/c21-15-5-7-16(8-6-15)26-13-11-25(12-14-26)10-9-23-19(27)20(28)24-18-4-2-1-3-17(18)22/h1-8H,9-14H2,(H,23,27)(H,24,28). The smallest absolute Gasteiger partial charge is 0.313 e. The molecule has 148 valence electrons. The second-order valence-corrected chi connectivity index (χ2v) is 6.49. The molecule has 0 saturated carbocycles. The normalized spacial score (nSPS) is 14.6. The molecule has 1 aliphatic rings. The van der Waals surface area contributed by atoms with Crippen molar-refractivity contribution in [3.05, 3.63) is 60.2 Å². The molecule has 0 radical (unpaired) electrons. The van der Waals surface area contributed by atoms with Gasteiger partial charge >= 0.3 is 11.8 Å². The van der Waals surface area contributed by atoms with Gasteiger partial charge in [-0.1, -0.05) is 12.1 Å². The number of carbonyl (C=O) groups is 2. The molecule has 0 spiro atoms. The predicted octanol–water partition coefficient (Wildman–Crippen LogP) is 1.84. The van der Waals surface area contributed by atoms with Crippen LogP contribution in [0.25, 0.3) is 0 Å². The van der Waals surface area contributed by atoms with E-state index >= 15 is 0 Å². The van der Waals surface area contributed by atoms with Gasteiger partial charge in [-0.3, -0.25) is 14.5 Å². The summed E-state index contributed by atoms with van der Waals surface area (Å²) < 4.78 is 26.5.